The summed E-state index contributed by atoms with van der Waals surface area (Å²) >= 11 is 0. The maximum atomic E-state index is 13.3. The minimum absolute atomic E-state index is 0.207. The maximum Gasteiger partial charge on any atom is 0.328 e. The van der Waals surface area contributed by atoms with Crippen LogP contribution in [0.2, 0.25) is 0 Å². The molecule has 0 radical (unpaired) electrons. The van der Waals surface area contributed by atoms with Crippen LogP contribution in [0.5, 0.6) is 5.75 Å². The molecule has 3 rings (SSSR count). The smallest absolute Gasteiger partial charge is 0.328 e. The largest absolute Gasteiger partial charge is 0.497 e. The molecule has 0 fully saturated rings. The summed E-state index contributed by atoms with van der Waals surface area (Å²) in [4.78, 5) is 25.5. The van der Waals surface area contributed by atoms with Gasteiger partial charge in [0.15, 0.2) is 0 Å². The van der Waals surface area contributed by atoms with Crippen LogP contribution in [0.3, 0.4) is 0 Å². The van der Waals surface area contributed by atoms with Crippen molar-refractivity contribution in [2.24, 2.45) is 5.92 Å². The quantitative estimate of drug-likeness (QED) is 0.515. The molecular formula is C25H29N3O4. The van der Waals surface area contributed by atoms with Gasteiger partial charge < -0.3 is 14.8 Å². The van der Waals surface area contributed by atoms with Gasteiger partial charge in [-0.05, 0) is 30.0 Å². The summed E-state index contributed by atoms with van der Waals surface area (Å²) in [5, 5.41) is 7.52. The van der Waals surface area contributed by atoms with E-state index in [4.69, 9.17) is 9.47 Å². The van der Waals surface area contributed by atoms with Gasteiger partial charge >= 0.3 is 5.97 Å². The van der Waals surface area contributed by atoms with Gasteiger partial charge in [0.05, 0.1) is 26.3 Å². The van der Waals surface area contributed by atoms with Gasteiger partial charge in [0, 0.05) is 11.8 Å². The molecule has 1 unspecified atom stereocenters. The second kappa shape index (κ2) is 10.6. The van der Waals surface area contributed by atoms with Crippen molar-refractivity contribution in [2.75, 3.05) is 14.2 Å². The Bertz CT molecular complexity index is 1060. The monoisotopic (exact) mass is 435 g/mol. The van der Waals surface area contributed by atoms with Crippen LogP contribution in [0.25, 0.3) is 11.3 Å². The summed E-state index contributed by atoms with van der Waals surface area (Å²) in [6.07, 6.45) is 2.19. The first-order chi connectivity index (χ1) is 15.4. The third kappa shape index (κ3) is 5.75. The summed E-state index contributed by atoms with van der Waals surface area (Å²) in [5.41, 5.74) is 2.71. The first-order valence-corrected chi connectivity index (χ1v) is 10.6. The molecule has 2 aromatic carbocycles. The number of nitrogens with zero attached hydrogens (tertiary/aromatic N) is 2. The second-order valence-electron chi connectivity index (χ2n) is 7.99. The highest BCUT2D eigenvalue weighted by Gasteiger charge is 2.26. The highest BCUT2D eigenvalue weighted by Crippen LogP contribution is 2.26. The lowest BCUT2D eigenvalue weighted by atomic mass is 10.0. The lowest BCUT2D eigenvalue weighted by Crippen LogP contribution is -2.42. The van der Waals surface area contributed by atoms with E-state index in [1.807, 2.05) is 68.4 Å². The zero-order valence-electron chi connectivity index (χ0n) is 18.9. The third-order valence-electron chi connectivity index (χ3n) is 5.04. The molecule has 32 heavy (non-hydrogen) atoms. The van der Waals surface area contributed by atoms with Crippen molar-refractivity contribution >= 4 is 11.9 Å². The molecule has 0 aliphatic rings. The number of amides is 1. The van der Waals surface area contributed by atoms with Gasteiger partial charge in [-0.2, -0.15) is 5.10 Å². The average molecular weight is 436 g/mol. The third-order valence-corrected chi connectivity index (χ3v) is 5.04. The number of hydrogen-bond donors (Lipinski definition) is 1. The van der Waals surface area contributed by atoms with Gasteiger partial charge in [-0.1, -0.05) is 56.3 Å². The molecule has 1 amide bonds. The van der Waals surface area contributed by atoms with Crippen LogP contribution in [0, 0.1) is 5.92 Å². The van der Waals surface area contributed by atoms with Gasteiger partial charge in [-0.3, -0.25) is 9.48 Å². The Labute approximate surface area is 188 Å². The Morgan fingerprint density at radius 1 is 1.06 bits per heavy atom. The highest BCUT2D eigenvalue weighted by molar-refractivity contribution is 6.01. The Morgan fingerprint density at radius 3 is 2.47 bits per heavy atom. The van der Waals surface area contributed by atoms with Crippen molar-refractivity contribution in [2.45, 2.75) is 32.9 Å². The molecule has 0 spiro atoms. The van der Waals surface area contributed by atoms with Gasteiger partial charge in [0.2, 0.25) is 0 Å². The zero-order chi connectivity index (χ0) is 23.1. The number of methoxy groups -OCH3 is 2. The van der Waals surface area contributed by atoms with Crippen molar-refractivity contribution in [1.82, 2.24) is 15.1 Å². The molecule has 0 saturated heterocycles. The van der Waals surface area contributed by atoms with Gasteiger partial charge in [0.1, 0.15) is 17.5 Å². The fraction of sp³-hybridized carbons (Fsp3) is 0.320. The Hall–Kier alpha value is -3.61. The number of carbonyl (C=O) groups is 2. The number of rotatable bonds is 9. The molecule has 168 valence electrons. The number of hydrogen-bond acceptors (Lipinski definition) is 5. The van der Waals surface area contributed by atoms with Gasteiger partial charge in [0.25, 0.3) is 5.91 Å². The highest BCUT2D eigenvalue weighted by atomic mass is 16.5. The summed E-state index contributed by atoms with van der Waals surface area (Å²) in [7, 11) is 2.91. The first-order valence-electron chi connectivity index (χ1n) is 10.6. The van der Waals surface area contributed by atoms with E-state index in [-0.39, 0.29) is 11.8 Å². The van der Waals surface area contributed by atoms with Crippen LogP contribution in [-0.4, -0.2) is 41.9 Å². The predicted octanol–water partition coefficient (Wildman–Crippen LogP) is 3.92. The van der Waals surface area contributed by atoms with Crippen LogP contribution >= 0.6 is 0 Å². The molecule has 1 heterocycles. The van der Waals surface area contributed by atoms with Crippen molar-refractivity contribution in [3.05, 3.63) is 71.9 Å². The minimum atomic E-state index is -0.733. The average Bonchev–Trinajstić information content (AvgIpc) is 3.22. The van der Waals surface area contributed by atoms with Crippen LogP contribution in [-0.2, 0) is 16.1 Å². The maximum absolute atomic E-state index is 13.3. The summed E-state index contributed by atoms with van der Waals surface area (Å²) in [5.74, 6) is 0.0293. The lowest BCUT2D eigenvalue weighted by molar-refractivity contribution is -0.143. The van der Waals surface area contributed by atoms with Gasteiger partial charge in [-0.15, -0.1) is 0 Å². The Morgan fingerprint density at radius 2 is 1.81 bits per heavy atom. The molecule has 1 aromatic heterocycles. The van der Waals surface area contributed by atoms with E-state index in [2.05, 4.69) is 10.4 Å². The number of aromatic nitrogens is 2. The van der Waals surface area contributed by atoms with Crippen LogP contribution in [0.1, 0.15) is 36.2 Å². The molecule has 7 nitrogen and oxygen atoms in total. The van der Waals surface area contributed by atoms with Crippen molar-refractivity contribution in [1.29, 1.82) is 0 Å². The van der Waals surface area contributed by atoms with Crippen LogP contribution in [0.4, 0.5) is 0 Å². The van der Waals surface area contributed by atoms with Crippen molar-refractivity contribution in [3.8, 4) is 17.0 Å². The molecule has 3 aromatic rings. The summed E-state index contributed by atoms with van der Waals surface area (Å²) < 4.78 is 12.0. The van der Waals surface area contributed by atoms with E-state index in [1.165, 1.54) is 7.11 Å². The molecule has 1 N–H and O–H groups in total. The Balaban J connectivity index is 1.97. The number of carbonyl (C=O) groups excluding carboxylic acids is 2. The standard InChI is InChI=1S/C25H29N3O4/c1-17(2)13-22(25(30)32-4)26-24(29)21-16-28(15-18-9-6-5-7-10-18)27-23(21)19-11-8-12-20(14-19)31-3/h5-12,14,16-17,22H,13,15H2,1-4H3,(H,26,29). The summed E-state index contributed by atoms with van der Waals surface area (Å²) in [6, 6.07) is 16.5. The van der Waals surface area contributed by atoms with Crippen LogP contribution < -0.4 is 10.1 Å². The first kappa shape index (κ1) is 23.1. The number of esters is 1. The normalized spacial score (nSPS) is 11.8. The van der Waals surface area contributed by atoms with E-state index in [0.29, 0.717) is 30.0 Å². The molecule has 0 aliphatic heterocycles. The van der Waals surface area contributed by atoms with E-state index >= 15 is 0 Å². The molecule has 0 aliphatic carbocycles. The second-order valence-corrected chi connectivity index (χ2v) is 7.99. The Kier molecular flexibility index (Phi) is 7.65. The molecule has 7 heteroatoms. The zero-order valence-corrected chi connectivity index (χ0v) is 18.9. The van der Waals surface area contributed by atoms with E-state index in [0.717, 1.165) is 11.1 Å². The predicted molar refractivity (Wildman–Crippen MR) is 122 cm³/mol. The van der Waals surface area contributed by atoms with Gasteiger partial charge in [-0.25, -0.2) is 4.79 Å². The molecule has 0 saturated carbocycles. The fourth-order valence-corrected chi connectivity index (χ4v) is 3.49. The van der Waals surface area contributed by atoms with E-state index in [9.17, 15) is 9.59 Å². The summed E-state index contributed by atoms with van der Waals surface area (Å²) in [6.45, 7) is 4.49. The molecular weight excluding hydrogens is 406 g/mol. The van der Waals surface area contributed by atoms with Crippen molar-refractivity contribution < 1.29 is 19.1 Å². The van der Waals surface area contributed by atoms with E-state index < -0.39 is 12.0 Å². The molecule has 0 bridgehead atoms. The number of nitrogens with one attached hydrogen (secondary N) is 1. The van der Waals surface area contributed by atoms with Crippen molar-refractivity contribution in [3.63, 3.8) is 0 Å². The SMILES string of the molecule is COC(=O)C(CC(C)C)NC(=O)c1cn(Cc2ccccc2)nc1-c1cccc(OC)c1. The van der Waals surface area contributed by atoms with E-state index in [1.54, 1.807) is 18.0 Å². The number of ether oxygens (including phenoxy) is 2. The topological polar surface area (TPSA) is 82.5 Å². The minimum Gasteiger partial charge on any atom is -0.497 e. The lowest BCUT2D eigenvalue weighted by Gasteiger charge is -2.18. The van der Waals surface area contributed by atoms with Crippen LogP contribution in [0.15, 0.2) is 60.8 Å². The number of benzene rings is 2. The fourth-order valence-electron chi connectivity index (χ4n) is 3.49. The molecule has 1 atom stereocenters.